The topological polar surface area (TPSA) is 71.3 Å². The molecule has 0 heterocycles. The molecular formula is C25H19BrCl2N2O3. The van der Waals surface area contributed by atoms with Crippen LogP contribution in [0.1, 0.15) is 18.1 Å². The van der Waals surface area contributed by atoms with Gasteiger partial charge in [0, 0.05) is 20.2 Å². The fourth-order valence-corrected chi connectivity index (χ4v) is 3.67. The molecule has 0 spiro atoms. The summed E-state index contributed by atoms with van der Waals surface area (Å²) in [7, 11) is 0. The van der Waals surface area contributed by atoms with Crippen LogP contribution in [0.5, 0.6) is 11.5 Å². The van der Waals surface area contributed by atoms with Gasteiger partial charge in [-0.3, -0.25) is 4.79 Å². The lowest BCUT2D eigenvalue weighted by Gasteiger charge is -2.13. The van der Waals surface area contributed by atoms with Crippen molar-refractivity contribution < 1.29 is 14.3 Å². The smallest absolute Gasteiger partial charge is 0.266 e. The number of amides is 1. The van der Waals surface area contributed by atoms with E-state index in [0.717, 1.165) is 10.0 Å². The first-order valence-electron chi connectivity index (χ1n) is 9.91. The summed E-state index contributed by atoms with van der Waals surface area (Å²) in [6.45, 7) is 2.67. The Morgan fingerprint density at radius 1 is 1.03 bits per heavy atom. The molecule has 0 fully saturated rings. The van der Waals surface area contributed by atoms with Crippen molar-refractivity contribution in [1.82, 2.24) is 0 Å². The molecule has 0 saturated carbocycles. The van der Waals surface area contributed by atoms with Crippen LogP contribution in [0.4, 0.5) is 5.69 Å². The first kappa shape index (κ1) is 24.7. The molecule has 1 amide bonds. The molecule has 0 radical (unpaired) electrons. The minimum absolute atomic E-state index is 0.0860. The summed E-state index contributed by atoms with van der Waals surface area (Å²) in [4.78, 5) is 12.6. The van der Waals surface area contributed by atoms with Crippen LogP contribution in [0, 0.1) is 11.3 Å². The Bertz CT molecular complexity index is 1200. The van der Waals surface area contributed by atoms with Crippen LogP contribution in [0.2, 0.25) is 10.0 Å². The van der Waals surface area contributed by atoms with Crippen molar-refractivity contribution in [2.45, 2.75) is 13.5 Å². The van der Waals surface area contributed by atoms with Crippen molar-refractivity contribution in [3.8, 4) is 17.6 Å². The van der Waals surface area contributed by atoms with E-state index in [1.54, 1.807) is 36.4 Å². The van der Waals surface area contributed by atoms with E-state index in [1.165, 1.54) is 6.08 Å². The molecule has 3 aromatic carbocycles. The first-order chi connectivity index (χ1) is 15.9. The highest BCUT2D eigenvalue weighted by molar-refractivity contribution is 9.10. The van der Waals surface area contributed by atoms with Gasteiger partial charge in [-0.25, -0.2) is 0 Å². The largest absolute Gasteiger partial charge is 0.490 e. The zero-order chi connectivity index (χ0) is 23.8. The van der Waals surface area contributed by atoms with Crippen molar-refractivity contribution in [3.05, 3.63) is 91.9 Å². The number of hydrogen-bond acceptors (Lipinski definition) is 4. The Morgan fingerprint density at radius 3 is 2.36 bits per heavy atom. The number of hydrogen-bond donors (Lipinski definition) is 1. The molecule has 0 atom stereocenters. The molecule has 168 valence electrons. The number of benzene rings is 3. The minimum atomic E-state index is -0.579. The SMILES string of the molecule is CCOc1cc(/C=C(/C#N)C(=O)Nc2cc(Cl)cc(Cl)c2)ccc1OCc1ccc(Br)cc1. The van der Waals surface area contributed by atoms with Crippen LogP contribution in [0.25, 0.3) is 6.08 Å². The van der Waals surface area contributed by atoms with E-state index in [-0.39, 0.29) is 5.57 Å². The highest BCUT2D eigenvalue weighted by Gasteiger charge is 2.12. The number of carbonyl (C=O) groups excluding carboxylic acids is 1. The predicted octanol–water partition coefficient (Wildman–Crippen LogP) is 7.28. The molecule has 0 aliphatic carbocycles. The maximum Gasteiger partial charge on any atom is 0.266 e. The molecule has 0 bridgehead atoms. The average molecular weight is 546 g/mol. The van der Waals surface area contributed by atoms with E-state index in [9.17, 15) is 10.1 Å². The zero-order valence-corrected chi connectivity index (χ0v) is 20.7. The molecule has 0 aliphatic heterocycles. The van der Waals surface area contributed by atoms with Gasteiger partial charge in [0.2, 0.25) is 0 Å². The lowest BCUT2D eigenvalue weighted by atomic mass is 10.1. The molecular weight excluding hydrogens is 527 g/mol. The molecule has 0 aromatic heterocycles. The number of nitrogens with one attached hydrogen (secondary N) is 1. The molecule has 0 aliphatic rings. The summed E-state index contributed by atoms with van der Waals surface area (Å²) in [6.07, 6.45) is 1.47. The van der Waals surface area contributed by atoms with E-state index in [1.807, 2.05) is 37.3 Å². The van der Waals surface area contributed by atoms with Gasteiger partial charge < -0.3 is 14.8 Å². The first-order valence-corrected chi connectivity index (χ1v) is 11.5. The fourth-order valence-electron chi connectivity index (χ4n) is 2.88. The van der Waals surface area contributed by atoms with Gasteiger partial charge >= 0.3 is 0 Å². The van der Waals surface area contributed by atoms with Crippen LogP contribution in [-0.2, 0) is 11.4 Å². The van der Waals surface area contributed by atoms with E-state index in [2.05, 4.69) is 21.2 Å². The highest BCUT2D eigenvalue weighted by atomic mass is 79.9. The van der Waals surface area contributed by atoms with E-state index >= 15 is 0 Å². The Morgan fingerprint density at radius 2 is 1.73 bits per heavy atom. The lowest BCUT2D eigenvalue weighted by molar-refractivity contribution is -0.112. The summed E-state index contributed by atoms with van der Waals surface area (Å²) in [5, 5.41) is 12.9. The van der Waals surface area contributed by atoms with E-state index < -0.39 is 5.91 Å². The van der Waals surface area contributed by atoms with Crippen molar-refractivity contribution in [1.29, 1.82) is 5.26 Å². The third kappa shape index (κ3) is 7.26. The number of nitriles is 1. The number of rotatable bonds is 8. The molecule has 3 rings (SSSR count). The second-order valence-electron chi connectivity index (χ2n) is 6.84. The minimum Gasteiger partial charge on any atom is -0.490 e. The number of halogens is 3. The maximum atomic E-state index is 12.6. The van der Waals surface area contributed by atoms with E-state index in [4.69, 9.17) is 32.7 Å². The van der Waals surface area contributed by atoms with Gasteiger partial charge in [0.25, 0.3) is 5.91 Å². The summed E-state index contributed by atoms with van der Waals surface area (Å²) in [5.41, 5.74) is 1.93. The Kier molecular flexibility index (Phi) is 8.79. The third-order valence-corrected chi connectivity index (χ3v) is 5.34. The molecule has 0 saturated heterocycles. The molecule has 8 heteroatoms. The van der Waals surface area contributed by atoms with Crippen LogP contribution < -0.4 is 14.8 Å². The number of carbonyl (C=O) groups is 1. The van der Waals surface area contributed by atoms with Gasteiger partial charge in [-0.05, 0) is 66.6 Å². The number of ether oxygens (including phenoxy) is 2. The summed E-state index contributed by atoms with van der Waals surface area (Å²) in [6, 6.07) is 19.6. The van der Waals surface area contributed by atoms with Gasteiger partial charge in [-0.2, -0.15) is 5.26 Å². The standard InChI is InChI=1S/C25H19BrCl2N2O3/c1-2-32-24-10-17(5-8-23(24)33-15-16-3-6-19(26)7-4-16)9-18(14-29)25(31)30-22-12-20(27)11-21(28)13-22/h3-13H,2,15H2,1H3,(H,30,31)/b18-9-. The molecule has 3 aromatic rings. The fraction of sp³-hybridized carbons (Fsp3) is 0.120. The molecule has 1 N–H and O–H groups in total. The predicted molar refractivity (Wildman–Crippen MR) is 135 cm³/mol. The highest BCUT2D eigenvalue weighted by Crippen LogP contribution is 2.30. The quantitative estimate of drug-likeness (QED) is 0.238. The number of nitrogens with zero attached hydrogens (tertiary/aromatic N) is 1. The second-order valence-corrected chi connectivity index (χ2v) is 8.62. The van der Waals surface area contributed by atoms with Crippen molar-refractivity contribution >= 4 is 56.8 Å². The number of anilines is 1. The van der Waals surface area contributed by atoms with Crippen molar-refractivity contribution in [3.63, 3.8) is 0 Å². The molecule has 0 unspecified atom stereocenters. The molecule has 5 nitrogen and oxygen atoms in total. The normalized spacial score (nSPS) is 10.9. The van der Waals surface area contributed by atoms with Gasteiger partial charge in [0.05, 0.1) is 6.61 Å². The van der Waals surface area contributed by atoms with Gasteiger partial charge in [-0.15, -0.1) is 0 Å². The lowest BCUT2D eigenvalue weighted by Crippen LogP contribution is -2.13. The summed E-state index contributed by atoms with van der Waals surface area (Å²) in [5.74, 6) is 0.500. The van der Waals surface area contributed by atoms with Crippen LogP contribution in [-0.4, -0.2) is 12.5 Å². The Balaban J connectivity index is 1.78. The van der Waals surface area contributed by atoms with Crippen molar-refractivity contribution in [2.24, 2.45) is 0 Å². The summed E-state index contributed by atoms with van der Waals surface area (Å²) < 4.78 is 12.6. The monoisotopic (exact) mass is 544 g/mol. The maximum absolute atomic E-state index is 12.6. The Labute approximate surface area is 210 Å². The third-order valence-electron chi connectivity index (χ3n) is 4.37. The van der Waals surface area contributed by atoms with E-state index in [0.29, 0.717) is 46.0 Å². The average Bonchev–Trinajstić information content (AvgIpc) is 2.77. The van der Waals surface area contributed by atoms with Gasteiger partial charge in [0.15, 0.2) is 11.5 Å². The van der Waals surface area contributed by atoms with Crippen LogP contribution >= 0.6 is 39.1 Å². The van der Waals surface area contributed by atoms with Gasteiger partial charge in [0.1, 0.15) is 18.2 Å². The Hall–Kier alpha value is -2.98. The van der Waals surface area contributed by atoms with Crippen molar-refractivity contribution in [2.75, 3.05) is 11.9 Å². The summed E-state index contributed by atoms with van der Waals surface area (Å²) >= 11 is 15.3. The van der Waals surface area contributed by atoms with Gasteiger partial charge in [-0.1, -0.05) is 57.3 Å². The zero-order valence-electron chi connectivity index (χ0n) is 17.6. The van der Waals surface area contributed by atoms with Crippen LogP contribution in [0.15, 0.2) is 70.7 Å². The molecule has 33 heavy (non-hydrogen) atoms. The second kappa shape index (κ2) is 11.8. The van der Waals surface area contributed by atoms with Crippen LogP contribution in [0.3, 0.4) is 0 Å².